The van der Waals surface area contributed by atoms with Gasteiger partial charge in [-0.15, -0.1) is 0 Å². The van der Waals surface area contributed by atoms with Crippen LogP contribution in [0.1, 0.15) is 71.3 Å². The van der Waals surface area contributed by atoms with Crippen molar-refractivity contribution in [2.75, 3.05) is 33.9 Å². The molecule has 0 spiro atoms. The van der Waals surface area contributed by atoms with Crippen LogP contribution < -0.4 is 9.47 Å². The average Bonchev–Trinajstić information content (AvgIpc) is 3.25. The van der Waals surface area contributed by atoms with Gasteiger partial charge in [0.2, 0.25) is 0 Å². The number of hydrogen-bond acceptors (Lipinski definition) is 4. The number of rotatable bonds is 16. The molecule has 1 aliphatic rings. The number of amides is 1. The van der Waals surface area contributed by atoms with Crippen LogP contribution in [0.3, 0.4) is 0 Å². The summed E-state index contributed by atoms with van der Waals surface area (Å²) in [6.07, 6.45) is 11.0. The fourth-order valence-corrected chi connectivity index (χ4v) is 21.8. The SMILES string of the molecule is CCC[CH2][Sn]([CH2]CCC)([CH2]CCC)/[C](=C/c1ccc(OC)c(OC)c1)CCN1CCOC1=O. The molecule has 1 fully saturated rings. The summed E-state index contributed by atoms with van der Waals surface area (Å²) in [4.78, 5) is 14.0. The number of methoxy groups -OCH3 is 2. The van der Waals surface area contributed by atoms with Gasteiger partial charge in [-0.2, -0.15) is 0 Å². The summed E-state index contributed by atoms with van der Waals surface area (Å²) < 4.78 is 22.2. The number of carbonyl (C=O) groups is 1. The summed E-state index contributed by atoms with van der Waals surface area (Å²) >= 11 is -2.66. The van der Waals surface area contributed by atoms with E-state index >= 15 is 0 Å². The summed E-state index contributed by atoms with van der Waals surface area (Å²) in [5.41, 5.74) is 1.18. The Morgan fingerprint density at radius 2 is 1.61 bits per heavy atom. The van der Waals surface area contributed by atoms with Gasteiger partial charge in [-0.05, 0) is 0 Å². The molecule has 0 saturated carbocycles. The summed E-state index contributed by atoms with van der Waals surface area (Å²) in [5.74, 6) is 1.53. The summed E-state index contributed by atoms with van der Waals surface area (Å²) in [6, 6.07) is 6.24. The van der Waals surface area contributed by atoms with E-state index in [1.807, 2.05) is 11.0 Å². The number of ether oxygens (including phenoxy) is 3. The molecule has 0 aromatic heterocycles. The van der Waals surface area contributed by atoms with Gasteiger partial charge < -0.3 is 0 Å². The first-order valence-corrected chi connectivity index (χ1v) is 20.4. The van der Waals surface area contributed by atoms with Crippen molar-refractivity contribution < 1.29 is 19.0 Å². The van der Waals surface area contributed by atoms with Crippen molar-refractivity contribution in [1.29, 1.82) is 0 Å². The Morgan fingerprint density at radius 3 is 2.09 bits per heavy atom. The molecule has 1 aromatic rings. The van der Waals surface area contributed by atoms with Crippen LogP contribution in [0.4, 0.5) is 4.79 Å². The van der Waals surface area contributed by atoms with E-state index in [1.54, 1.807) is 17.8 Å². The molecule has 0 N–H and O–H groups in total. The van der Waals surface area contributed by atoms with Crippen LogP contribution in [-0.2, 0) is 4.74 Å². The third kappa shape index (κ3) is 8.11. The van der Waals surface area contributed by atoms with Crippen molar-refractivity contribution in [3.8, 4) is 11.5 Å². The molecule has 2 rings (SSSR count). The zero-order chi connectivity index (χ0) is 24.1. The summed E-state index contributed by atoms with van der Waals surface area (Å²) in [6.45, 7) is 8.94. The zero-order valence-corrected chi connectivity index (χ0v) is 24.4. The van der Waals surface area contributed by atoms with E-state index in [-0.39, 0.29) is 6.09 Å². The Bertz CT molecular complexity index is 743. The first-order valence-electron chi connectivity index (χ1n) is 12.9. The molecule has 0 radical (unpaired) electrons. The normalized spacial score (nSPS) is 14.5. The van der Waals surface area contributed by atoms with E-state index in [0.717, 1.165) is 24.5 Å². The Labute approximate surface area is 205 Å². The fraction of sp³-hybridized carbons (Fsp3) is 0.667. The van der Waals surface area contributed by atoms with Gasteiger partial charge in [0.25, 0.3) is 0 Å². The molecule has 6 heteroatoms. The van der Waals surface area contributed by atoms with Crippen molar-refractivity contribution >= 4 is 30.5 Å². The Balaban J connectivity index is 2.49. The zero-order valence-electron chi connectivity index (χ0n) is 21.6. The van der Waals surface area contributed by atoms with E-state index in [9.17, 15) is 4.79 Å². The molecule has 33 heavy (non-hydrogen) atoms. The van der Waals surface area contributed by atoms with Crippen LogP contribution in [0.15, 0.2) is 21.8 Å². The molecule has 0 atom stereocenters. The van der Waals surface area contributed by atoms with Crippen molar-refractivity contribution in [3.63, 3.8) is 0 Å². The van der Waals surface area contributed by atoms with Gasteiger partial charge in [-0.3, -0.25) is 0 Å². The van der Waals surface area contributed by atoms with Crippen LogP contribution in [0.25, 0.3) is 6.08 Å². The maximum absolute atomic E-state index is 12.1. The second kappa shape index (κ2) is 14.8. The van der Waals surface area contributed by atoms with Crippen LogP contribution in [0.5, 0.6) is 11.5 Å². The van der Waals surface area contributed by atoms with Crippen molar-refractivity contribution in [2.45, 2.75) is 79.0 Å². The van der Waals surface area contributed by atoms with Gasteiger partial charge in [-0.1, -0.05) is 0 Å². The van der Waals surface area contributed by atoms with Gasteiger partial charge in [0.1, 0.15) is 0 Å². The van der Waals surface area contributed by atoms with Crippen molar-refractivity contribution in [3.05, 3.63) is 27.4 Å². The standard InChI is InChI=1S/C15H18NO4.3C4H9.Sn/c1-18-13-7-6-12(11-14(13)19-2)5-3-4-8-16-9-10-20-15(16)17;3*1-3-4-2;/h5-7,11H,4,8-10H2,1-2H3;3*1,3-4H2,2H3;. The van der Waals surface area contributed by atoms with Crippen molar-refractivity contribution in [1.82, 2.24) is 4.90 Å². The minimum atomic E-state index is -2.66. The molecular weight excluding hydrogens is 521 g/mol. The number of cyclic esters (lactones) is 1. The van der Waals surface area contributed by atoms with Gasteiger partial charge in [-0.25, -0.2) is 0 Å². The number of benzene rings is 1. The van der Waals surface area contributed by atoms with Crippen molar-refractivity contribution in [2.24, 2.45) is 0 Å². The topological polar surface area (TPSA) is 48.0 Å². The third-order valence-electron chi connectivity index (χ3n) is 6.95. The molecule has 1 aliphatic heterocycles. The van der Waals surface area contributed by atoms with E-state index in [4.69, 9.17) is 14.2 Å². The molecule has 186 valence electrons. The fourth-order valence-electron chi connectivity index (χ4n) is 4.92. The molecule has 0 unspecified atom stereocenters. The molecule has 0 aliphatic carbocycles. The van der Waals surface area contributed by atoms with Crippen LogP contribution in [-0.4, -0.2) is 63.3 Å². The third-order valence-corrected chi connectivity index (χ3v) is 23.2. The van der Waals surface area contributed by atoms with E-state index < -0.39 is 18.4 Å². The second-order valence-corrected chi connectivity index (χ2v) is 22.6. The summed E-state index contributed by atoms with van der Waals surface area (Å²) in [7, 11) is 3.37. The molecule has 5 nitrogen and oxygen atoms in total. The predicted octanol–water partition coefficient (Wildman–Crippen LogP) is 7.32. The monoisotopic (exact) mass is 567 g/mol. The second-order valence-electron chi connectivity index (χ2n) is 9.23. The van der Waals surface area contributed by atoms with Crippen LogP contribution in [0.2, 0.25) is 13.3 Å². The van der Waals surface area contributed by atoms with E-state index in [1.165, 1.54) is 57.4 Å². The number of nitrogens with zero attached hydrogens (tertiary/aromatic N) is 1. The summed E-state index contributed by atoms with van der Waals surface area (Å²) in [5, 5.41) is 0. The van der Waals surface area contributed by atoms with Gasteiger partial charge in [0.05, 0.1) is 0 Å². The maximum atomic E-state index is 12.1. The quantitative estimate of drug-likeness (QED) is 0.197. The van der Waals surface area contributed by atoms with Crippen LogP contribution >= 0.6 is 0 Å². The molecule has 1 aromatic carbocycles. The van der Waals surface area contributed by atoms with Crippen LogP contribution in [0, 0.1) is 0 Å². The molecule has 1 amide bonds. The Morgan fingerprint density at radius 1 is 1.00 bits per heavy atom. The van der Waals surface area contributed by atoms with E-state index in [2.05, 4.69) is 39.0 Å². The predicted molar refractivity (Wildman–Crippen MR) is 140 cm³/mol. The average molecular weight is 566 g/mol. The van der Waals surface area contributed by atoms with Gasteiger partial charge in [0, 0.05) is 0 Å². The van der Waals surface area contributed by atoms with Gasteiger partial charge >= 0.3 is 206 Å². The number of carbonyl (C=O) groups excluding carboxylic acids is 1. The molecular formula is C27H45NO4Sn. The minimum absolute atomic E-state index is 0.156. The first-order chi connectivity index (χ1) is 16.0. The Kier molecular flexibility index (Phi) is 12.5. The molecule has 1 saturated heterocycles. The van der Waals surface area contributed by atoms with E-state index in [0.29, 0.717) is 13.2 Å². The molecule has 1 heterocycles. The Hall–Kier alpha value is -1.37. The van der Waals surface area contributed by atoms with Gasteiger partial charge in [0.15, 0.2) is 0 Å². The number of unbranched alkanes of at least 4 members (excludes halogenated alkanes) is 3. The molecule has 0 bridgehead atoms. The first kappa shape index (κ1) is 27.9. The number of hydrogen-bond donors (Lipinski definition) is 0.